The molecule has 1 amide bonds. The van der Waals surface area contributed by atoms with Gasteiger partial charge in [-0.2, -0.15) is 9.78 Å². The minimum absolute atomic E-state index is 0.131. The molecule has 1 N–H and O–H groups in total. The highest BCUT2D eigenvalue weighted by Gasteiger charge is 2.17. The number of carbonyl (C=O) groups excluding carboxylic acids is 1. The van der Waals surface area contributed by atoms with E-state index in [9.17, 15) is 17.6 Å². The molecule has 0 aliphatic rings. The van der Waals surface area contributed by atoms with Crippen molar-refractivity contribution in [1.29, 1.82) is 0 Å². The van der Waals surface area contributed by atoms with E-state index in [2.05, 4.69) is 15.4 Å². The van der Waals surface area contributed by atoms with E-state index in [1.807, 2.05) is 0 Å². The summed E-state index contributed by atoms with van der Waals surface area (Å²) in [6.45, 7) is 1.76. The fourth-order valence-corrected chi connectivity index (χ4v) is 4.35. The molecule has 148 valence electrons. The van der Waals surface area contributed by atoms with Crippen LogP contribution in [0.15, 0.2) is 53.4 Å². The Morgan fingerprint density at radius 2 is 1.90 bits per heavy atom. The first-order valence-electron chi connectivity index (χ1n) is 8.46. The Balaban J connectivity index is 1.66. The number of thiazole rings is 1. The molecule has 0 spiro atoms. The van der Waals surface area contributed by atoms with Crippen molar-refractivity contribution < 1.29 is 17.6 Å². The summed E-state index contributed by atoms with van der Waals surface area (Å²) < 4.78 is 39.2. The van der Waals surface area contributed by atoms with Crippen LogP contribution in [0.2, 0.25) is 0 Å². The first-order valence-corrected chi connectivity index (χ1v) is 11.2. The van der Waals surface area contributed by atoms with Gasteiger partial charge in [0.2, 0.25) is 5.13 Å². The SMILES string of the molecule is Cc1cc(NC(=O)c2ccc(S(C)(=O)=O)cc2)n(-c2nc3c(F)cccc3s2)n1. The first kappa shape index (κ1) is 19.2. The largest absolute Gasteiger partial charge is 0.306 e. The number of halogens is 1. The van der Waals surface area contributed by atoms with Gasteiger partial charge in [-0.1, -0.05) is 17.4 Å². The molecule has 4 aromatic rings. The number of hydrogen-bond donors (Lipinski definition) is 1. The van der Waals surface area contributed by atoms with Crippen LogP contribution in [0, 0.1) is 12.7 Å². The van der Waals surface area contributed by atoms with Gasteiger partial charge in [-0.05, 0) is 43.3 Å². The molecule has 0 saturated heterocycles. The molecule has 0 bridgehead atoms. The molecule has 2 heterocycles. The Morgan fingerprint density at radius 3 is 2.55 bits per heavy atom. The lowest BCUT2D eigenvalue weighted by Gasteiger charge is -2.07. The molecule has 0 unspecified atom stereocenters. The first-order chi connectivity index (χ1) is 13.7. The number of sulfone groups is 1. The van der Waals surface area contributed by atoms with E-state index in [1.54, 1.807) is 25.1 Å². The van der Waals surface area contributed by atoms with E-state index < -0.39 is 21.6 Å². The van der Waals surface area contributed by atoms with Gasteiger partial charge in [-0.3, -0.25) is 4.79 Å². The number of amides is 1. The normalized spacial score (nSPS) is 11.7. The van der Waals surface area contributed by atoms with Crippen molar-refractivity contribution in [3.63, 3.8) is 0 Å². The summed E-state index contributed by atoms with van der Waals surface area (Å²) in [5.41, 5.74) is 1.18. The lowest BCUT2D eigenvalue weighted by Crippen LogP contribution is -2.15. The summed E-state index contributed by atoms with van der Waals surface area (Å²) in [4.78, 5) is 17.0. The molecule has 4 rings (SSSR count). The Kier molecular flexibility index (Phi) is 4.67. The zero-order valence-corrected chi connectivity index (χ0v) is 17.0. The predicted octanol–water partition coefficient (Wildman–Crippen LogP) is 3.59. The van der Waals surface area contributed by atoms with Crippen LogP contribution in [0.4, 0.5) is 10.2 Å². The Bertz CT molecular complexity index is 1340. The Hall–Kier alpha value is -3.11. The van der Waals surface area contributed by atoms with Crippen molar-refractivity contribution in [2.45, 2.75) is 11.8 Å². The molecular formula is C19H15FN4O3S2. The van der Waals surface area contributed by atoms with Gasteiger partial charge in [-0.25, -0.2) is 17.8 Å². The van der Waals surface area contributed by atoms with E-state index in [0.29, 0.717) is 21.3 Å². The number of aryl methyl sites for hydroxylation is 1. The molecule has 0 saturated carbocycles. The fraction of sp³-hybridized carbons (Fsp3) is 0.105. The lowest BCUT2D eigenvalue weighted by atomic mass is 10.2. The van der Waals surface area contributed by atoms with Crippen molar-refractivity contribution in [3.8, 4) is 5.13 Å². The number of benzene rings is 2. The quantitative estimate of drug-likeness (QED) is 0.534. The zero-order chi connectivity index (χ0) is 20.8. The van der Waals surface area contributed by atoms with Gasteiger partial charge >= 0.3 is 0 Å². The monoisotopic (exact) mass is 430 g/mol. The summed E-state index contributed by atoms with van der Waals surface area (Å²) in [5, 5.41) is 7.51. The Labute approximate surface area is 169 Å². The highest BCUT2D eigenvalue weighted by atomic mass is 32.2. The van der Waals surface area contributed by atoms with Gasteiger partial charge in [-0.15, -0.1) is 0 Å². The molecule has 0 aliphatic heterocycles. The van der Waals surface area contributed by atoms with Crippen molar-refractivity contribution in [1.82, 2.24) is 14.8 Å². The lowest BCUT2D eigenvalue weighted by molar-refractivity contribution is 0.102. The molecule has 0 atom stereocenters. The maximum atomic E-state index is 14.0. The fourth-order valence-electron chi connectivity index (χ4n) is 2.77. The summed E-state index contributed by atoms with van der Waals surface area (Å²) >= 11 is 1.25. The van der Waals surface area contributed by atoms with E-state index in [1.165, 1.54) is 46.4 Å². The Morgan fingerprint density at radius 1 is 1.17 bits per heavy atom. The van der Waals surface area contributed by atoms with Gasteiger partial charge in [0.1, 0.15) is 17.2 Å². The topological polar surface area (TPSA) is 94.0 Å². The number of aromatic nitrogens is 3. The molecule has 7 nitrogen and oxygen atoms in total. The van der Waals surface area contributed by atoms with Gasteiger partial charge in [0.25, 0.3) is 5.91 Å². The number of nitrogens with zero attached hydrogens (tertiary/aromatic N) is 3. The number of hydrogen-bond acceptors (Lipinski definition) is 6. The smallest absolute Gasteiger partial charge is 0.256 e. The standard InChI is InChI=1S/C19H15FN4O3S2/c1-11-10-16(21-18(25)12-6-8-13(9-7-12)29(2,26)27)24(23-11)19-22-17-14(20)4-3-5-15(17)28-19/h3-10H,1-2H3,(H,21,25). The predicted molar refractivity (Wildman–Crippen MR) is 109 cm³/mol. The number of fused-ring (bicyclic) bond motifs is 1. The average molecular weight is 430 g/mol. The zero-order valence-electron chi connectivity index (χ0n) is 15.4. The molecule has 2 aromatic heterocycles. The molecular weight excluding hydrogens is 415 g/mol. The van der Waals surface area contributed by atoms with Crippen LogP contribution in [-0.2, 0) is 9.84 Å². The second kappa shape index (κ2) is 7.05. The van der Waals surface area contributed by atoms with Crippen molar-refractivity contribution in [3.05, 3.63) is 65.6 Å². The molecule has 2 aromatic carbocycles. The van der Waals surface area contributed by atoms with Crippen molar-refractivity contribution in [2.24, 2.45) is 0 Å². The highest BCUT2D eigenvalue weighted by molar-refractivity contribution is 7.90. The van der Waals surface area contributed by atoms with Crippen molar-refractivity contribution in [2.75, 3.05) is 11.6 Å². The molecule has 0 aliphatic carbocycles. The third kappa shape index (κ3) is 3.76. The summed E-state index contributed by atoms with van der Waals surface area (Å²) in [6, 6.07) is 12.0. The van der Waals surface area contributed by atoms with E-state index in [0.717, 1.165) is 6.26 Å². The van der Waals surface area contributed by atoms with Crippen molar-refractivity contribution >= 4 is 43.1 Å². The molecule has 0 fully saturated rings. The van der Waals surface area contributed by atoms with Gasteiger partial charge in [0.15, 0.2) is 9.84 Å². The van der Waals surface area contributed by atoms with E-state index >= 15 is 0 Å². The summed E-state index contributed by atoms with van der Waals surface area (Å²) in [6.07, 6.45) is 1.10. The number of nitrogens with one attached hydrogen (secondary N) is 1. The average Bonchev–Trinajstić information content (AvgIpc) is 3.25. The second-order valence-corrected chi connectivity index (χ2v) is 9.44. The highest BCUT2D eigenvalue weighted by Crippen LogP contribution is 2.28. The van der Waals surface area contributed by atoms with Crippen LogP contribution in [-0.4, -0.2) is 35.3 Å². The van der Waals surface area contributed by atoms with Gasteiger partial charge < -0.3 is 5.32 Å². The second-order valence-electron chi connectivity index (χ2n) is 6.42. The summed E-state index contributed by atoms with van der Waals surface area (Å²) in [7, 11) is -3.34. The van der Waals surface area contributed by atoms with E-state index in [4.69, 9.17) is 0 Å². The number of carbonyl (C=O) groups is 1. The van der Waals surface area contributed by atoms with Crippen LogP contribution < -0.4 is 5.32 Å². The molecule has 10 heteroatoms. The maximum Gasteiger partial charge on any atom is 0.256 e. The maximum absolute atomic E-state index is 14.0. The number of rotatable bonds is 4. The molecule has 29 heavy (non-hydrogen) atoms. The van der Waals surface area contributed by atoms with Crippen LogP contribution >= 0.6 is 11.3 Å². The van der Waals surface area contributed by atoms with Gasteiger partial charge in [0, 0.05) is 17.9 Å². The number of para-hydroxylation sites is 1. The summed E-state index contributed by atoms with van der Waals surface area (Å²) in [5.74, 6) is -0.483. The number of anilines is 1. The van der Waals surface area contributed by atoms with Gasteiger partial charge in [0.05, 0.1) is 15.3 Å². The third-order valence-corrected chi connectivity index (χ3v) is 6.28. The molecule has 0 radical (unpaired) electrons. The minimum Gasteiger partial charge on any atom is -0.306 e. The van der Waals surface area contributed by atoms with Crippen LogP contribution in [0.5, 0.6) is 0 Å². The van der Waals surface area contributed by atoms with E-state index in [-0.39, 0.29) is 16.0 Å². The third-order valence-electron chi connectivity index (χ3n) is 4.16. The van der Waals surface area contributed by atoms with Crippen LogP contribution in [0.1, 0.15) is 16.1 Å². The van der Waals surface area contributed by atoms with Crippen LogP contribution in [0.3, 0.4) is 0 Å². The minimum atomic E-state index is -3.34. The van der Waals surface area contributed by atoms with Crippen LogP contribution in [0.25, 0.3) is 15.3 Å².